The van der Waals surface area contributed by atoms with Crippen molar-refractivity contribution in [1.29, 1.82) is 0 Å². The SMILES string of the molecule is O[C@@H](CN1CCC(C(F)(F)F)CC1)c1ccccc1. The molecule has 1 fully saturated rings. The van der Waals surface area contributed by atoms with Crippen LogP contribution in [-0.4, -0.2) is 35.8 Å². The fourth-order valence-electron chi connectivity index (χ4n) is 2.47. The second kappa shape index (κ2) is 5.92. The Balaban J connectivity index is 1.83. The highest BCUT2D eigenvalue weighted by Gasteiger charge is 2.41. The van der Waals surface area contributed by atoms with Crippen molar-refractivity contribution >= 4 is 0 Å². The lowest BCUT2D eigenvalue weighted by molar-refractivity contribution is -0.185. The van der Waals surface area contributed by atoms with Crippen molar-refractivity contribution in [3.63, 3.8) is 0 Å². The van der Waals surface area contributed by atoms with E-state index in [2.05, 4.69) is 0 Å². The summed E-state index contributed by atoms with van der Waals surface area (Å²) in [6.07, 6.45) is -4.45. The molecule has 0 aromatic heterocycles. The molecule has 1 atom stereocenters. The van der Waals surface area contributed by atoms with Gasteiger partial charge in [-0.15, -0.1) is 0 Å². The molecule has 2 rings (SSSR count). The highest BCUT2D eigenvalue weighted by atomic mass is 19.4. The monoisotopic (exact) mass is 273 g/mol. The van der Waals surface area contributed by atoms with Crippen molar-refractivity contribution < 1.29 is 18.3 Å². The van der Waals surface area contributed by atoms with Gasteiger partial charge in [-0.2, -0.15) is 13.2 Å². The molecule has 19 heavy (non-hydrogen) atoms. The molecule has 0 radical (unpaired) electrons. The predicted octanol–water partition coefficient (Wildman–Crippen LogP) is 2.99. The highest BCUT2D eigenvalue weighted by Crippen LogP contribution is 2.34. The van der Waals surface area contributed by atoms with Crippen LogP contribution in [0.3, 0.4) is 0 Å². The summed E-state index contributed by atoms with van der Waals surface area (Å²) in [6.45, 7) is 1.19. The Morgan fingerprint density at radius 2 is 1.74 bits per heavy atom. The molecule has 1 aromatic carbocycles. The van der Waals surface area contributed by atoms with Gasteiger partial charge in [0, 0.05) is 6.54 Å². The van der Waals surface area contributed by atoms with E-state index in [1.54, 1.807) is 0 Å². The van der Waals surface area contributed by atoms with Crippen molar-refractivity contribution in [2.45, 2.75) is 25.1 Å². The number of halogens is 3. The number of β-amino-alcohol motifs (C(OH)–C–C–N with tert-alkyl or cyclic N) is 1. The zero-order valence-electron chi connectivity index (χ0n) is 10.6. The third-order valence-corrected chi connectivity index (χ3v) is 3.67. The summed E-state index contributed by atoms with van der Waals surface area (Å²) in [6, 6.07) is 9.20. The van der Waals surface area contributed by atoms with Crippen LogP contribution in [0.4, 0.5) is 13.2 Å². The largest absolute Gasteiger partial charge is 0.391 e. The first-order valence-electron chi connectivity index (χ1n) is 6.49. The molecule has 1 aromatic rings. The normalized spacial score (nSPS) is 20.4. The minimum Gasteiger partial charge on any atom is -0.387 e. The molecule has 1 aliphatic rings. The summed E-state index contributed by atoms with van der Waals surface area (Å²) in [5.74, 6) is -1.18. The lowest BCUT2D eigenvalue weighted by atomic mass is 9.96. The zero-order chi connectivity index (χ0) is 13.9. The fraction of sp³-hybridized carbons (Fsp3) is 0.571. The number of piperidine rings is 1. The van der Waals surface area contributed by atoms with Crippen LogP contribution in [0.25, 0.3) is 0 Å². The molecule has 0 unspecified atom stereocenters. The van der Waals surface area contributed by atoms with Crippen LogP contribution >= 0.6 is 0 Å². The maximum absolute atomic E-state index is 12.5. The Labute approximate surface area is 110 Å². The van der Waals surface area contributed by atoms with E-state index < -0.39 is 18.2 Å². The predicted molar refractivity (Wildman–Crippen MR) is 66.6 cm³/mol. The van der Waals surface area contributed by atoms with Gasteiger partial charge in [0.25, 0.3) is 0 Å². The van der Waals surface area contributed by atoms with E-state index in [1.807, 2.05) is 35.2 Å². The van der Waals surface area contributed by atoms with E-state index in [9.17, 15) is 18.3 Å². The van der Waals surface area contributed by atoms with Gasteiger partial charge in [0.05, 0.1) is 12.0 Å². The molecule has 0 aliphatic carbocycles. The van der Waals surface area contributed by atoms with Crippen molar-refractivity contribution in [3.8, 4) is 0 Å². The van der Waals surface area contributed by atoms with Crippen molar-refractivity contribution in [2.24, 2.45) is 5.92 Å². The summed E-state index contributed by atoms with van der Waals surface area (Å²) in [4.78, 5) is 1.90. The van der Waals surface area contributed by atoms with Gasteiger partial charge < -0.3 is 10.0 Å². The van der Waals surface area contributed by atoms with Gasteiger partial charge in [-0.25, -0.2) is 0 Å². The Morgan fingerprint density at radius 1 is 1.16 bits per heavy atom. The van der Waals surface area contributed by atoms with Crippen LogP contribution in [-0.2, 0) is 0 Å². The maximum atomic E-state index is 12.5. The maximum Gasteiger partial charge on any atom is 0.391 e. The number of aliphatic hydroxyl groups excluding tert-OH is 1. The second-order valence-corrected chi connectivity index (χ2v) is 5.04. The minimum absolute atomic E-state index is 0.130. The number of hydrogen-bond donors (Lipinski definition) is 1. The Bertz CT molecular complexity index is 385. The molecule has 1 aliphatic heterocycles. The van der Waals surface area contributed by atoms with Crippen LogP contribution < -0.4 is 0 Å². The highest BCUT2D eigenvalue weighted by molar-refractivity contribution is 5.17. The third kappa shape index (κ3) is 3.94. The number of nitrogens with zero attached hydrogens (tertiary/aromatic N) is 1. The molecule has 1 saturated heterocycles. The number of hydrogen-bond acceptors (Lipinski definition) is 2. The molecule has 0 saturated carbocycles. The van der Waals surface area contributed by atoms with Crippen LogP contribution in [0.5, 0.6) is 0 Å². The van der Waals surface area contributed by atoms with Crippen molar-refractivity contribution in [3.05, 3.63) is 35.9 Å². The molecule has 2 nitrogen and oxygen atoms in total. The van der Waals surface area contributed by atoms with Crippen molar-refractivity contribution in [1.82, 2.24) is 4.90 Å². The third-order valence-electron chi connectivity index (χ3n) is 3.67. The molecule has 0 spiro atoms. The summed E-state index contributed by atoms with van der Waals surface area (Å²) in [5.41, 5.74) is 0.806. The number of alkyl halides is 3. The van der Waals surface area contributed by atoms with Gasteiger partial charge in [-0.1, -0.05) is 30.3 Å². The number of likely N-dealkylation sites (tertiary alicyclic amines) is 1. The second-order valence-electron chi connectivity index (χ2n) is 5.04. The van der Waals surface area contributed by atoms with Gasteiger partial charge in [-0.05, 0) is 31.5 Å². The first-order valence-corrected chi connectivity index (χ1v) is 6.49. The number of aliphatic hydroxyl groups is 1. The average Bonchev–Trinajstić information content (AvgIpc) is 2.39. The quantitative estimate of drug-likeness (QED) is 0.915. The molecule has 5 heteroatoms. The van der Waals surface area contributed by atoms with Crippen molar-refractivity contribution in [2.75, 3.05) is 19.6 Å². The van der Waals surface area contributed by atoms with Gasteiger partial charge in [0.1, 0.15) is 0 Å². The number of rotatable bonds is 3. The molecule has 106 valence electrons. The Kier molecular flexibility index (Phi) is 4.47. The van der Waals surface area contributed by atoms with Gasteiger partial charge in [0.2, 0.25) is 0 Å². The summed E-state index contributed by atoms with van der Waals surface area (Å²) >= 11 is 0. The van der Waals surface area contributed by atoms with Crippen LogP contribution in [0.1, 0.15) is 24.5 Å². The van der Waals surface area contributed by atoms with E-state index in [-0.39, 0.29) is 12.8 Å². The topological polar surface area (TPSA) is 23.5 Å². The first kappa shape index (κ1) is 14.3. The minimum atomic E-state index is -4.08. The zero-order valence-corrected chi connectivity index (χ0v) is 10.6. The van der Waals surface area contributed by atoms with Crippen LogP contribution in [0, 0.1) is 5.92 Å². The van der Waals surface area contributed by atoms with E-state index >= 15 is 0 Å². The van der Waals surface area contributed by atoms with E-state index in [0.29, 0.717) is 19.6 Å². The first-order chi connectivity index (χ1) is 8.97. The fourth-order valence-corrected chi connectivity index (χ4v) is 2.47. The van der Waals surface area contributed by atoms with E-state index in [1.165, 1.54) is 0 Å². The van der Waals surface area contributed by atoms with Gasteiger partial charge in [-0.3, -0.25) is 0 Å². The number of benzene rings is 1. The molecule has 0 bridgehead atoms. The standard InChI is InChI=1S/C14H18F3NO/c15-14(16,17)12-6-8-18(9-7-12)10-13(19)11-4-2-1-3-5-11/h1-5,12-13,19H,6-10H2/t13-/m0/s1. The summed E-state index contributed by atoms with van der Waals surface area (Å²) in [7, 11) is 0. The lowest BCUT2D eigenvalue weighted by Crippen LogP contribution is -2.40. The molecular formula is C14H18F3NO. The lowest BCUT2D eigenvalue weighted by Gasteiger charge is -2.33. The Hall–Kier alpha value is -1.07. The van der Waals surface area contributed by atoms with Gasteiger partial charge >= 0.3 is 6.18 Å². The smallest absolute Gasteiger partial charge is 0.387 e. The molecular weight excluding hydrogens is 255 g/mol. The molecule has 0 amide bonds. The summed E-state index contributed by atoms with van der Waals surface area (Å²) in [5, 5.41) is 10.0. The molecule has 1 heterocycles. The van der Waals surface area contributed by atoms with Crippen LogP contribution in [0.2, 0.25) is 0 Å². The van der Waals surface area contributed by atoms with E-state index in [4.69, 9.17) is 0 Å². The summed E-state index contributed by atoms with van der Waals surface area (Å²) < 4.78 is 37.6. The van der Waals surface area contributed by atoms with Gasteiger partial charge in [0.15, 0.2) is 0 Å². The Morgan fingerprint density at radius 3 is 2.26 bits per heavy atom. The van der Waals surface area contributed by atoms with Crippen LogP contribution in [0.15, 0.2) is 30.3 Å². The average molecular weight is 273 g/mol. The molecule has 1 N–H and O–H groups in total. The van der Waals surface area contributed by atoms with E-state index in [0.717, 1.165) is 5.56 Å².